The first-order valence-electron chi connectivity index (χ1n) is 15.0. The van der Waals surface area contributed by atoms with E-state index >= 15 is 0 Å². The summed E-state index contributed by atoms with van der Waals surface area (Å²) in [5.41, 5.74) is 5.70. The van der Waals surface area contributed by atoms with E-state index in [1.54, 1.807) is 0 Å². The molecule has 1 aromatic carbocycles. The van der Waals surface area contributed by atoms with Crippen molar-refractivity contribution in [2.75, 3.05) is 31.5 Å². The van der Waals surface area contributed by atoms with Gasteiger partial charge in [0.05, 0.1) is 5.56 Å². The zero-order valence-corrected chi connectivity index (χ0v) is 24.2. The molecular formula is C32H42N6O3. The van der Waals surface area contributed by atoms with Gasteiger partial charge in [-0.15, -0.1) is 0 Å². The molecule has 1 saturated carbocycles. The summed E-state index contributed by atoms with van der Waals surface area (Å²) in [6.07, 6.45) is 10.3. The minimum atomic E-state index is -0.321. The predicted molar refractivity (Wildman–Crippen MR) is 163 cm³/mol. The average molecular weight is 559 g/mol. The second-order valence-electron chi connectivity index (χ2n) is 11.7. The Hall–Kier alpha value is -3.72. The summed E-state index contributed by atoms with van der Waals surface area (Å²) in [6.45, 7) is 6.81. The summed E-state index contributed by atoms with van der Waals surface area (Å²) in [5, 5.41) is 18.1. The Balaban J connectivity index is 1.41. The van der Waals surface area contributed by atoms with Crippen molar-refractivity contribution < 1.29 is 9.59 Å². The highest BCUT2D eigenvalue weighted by molar-refractivity contribution is 6.06. The highest BCUT2D eigenvalue weighted by atomic mass is 16.2. The molecule has 9 heteroatoms. The molecule has 9 nitrogen and oxygen atoms in total. The minimum Gasteiger partial charge on any atom is -0.382 e. The van der Waals surface area contributed by atoms with Crippen LogP contribution >= 0.6 is 0 Å². The third-order valence-corrected chi connectivity index (χ3v) is 8.78. The number of pyridine rings is 1. The van der Waals surface area contributed by atoms with Crippen LogP contribution in [0.5, 0.6) is 0 Å². The first-order valence-corrected chi connectivity index (χ1v) is 15.0. The highest BCUT2D eigenvalue weighted by Gasteiger charge is 2.28. The number of nitrogens with zero attached hydrogens (tertiary/aromatic N) is 1. The largest absolute Gasteiger partial charge is 0.382 e. The van der Waals surface area contributed by atoms with Gasteiger partial charge in [0.25, 0.3) is 11.5 Å². The fourth-order valence-corrected chi connectivity index (χ4v) is 6.42. The molecule has 0 bridgehead atoms. The van der Waals surface area contributed by atoms with Crippen molar-refractivity contribution in [3.63, 3.8) is 0 Å². The maximum absolute atomic E-state index is 13.6. The Morgan fingerprint density at radius 1 is 1.10 bits per heavy atom. The van der Waals surface area contributed by atoms with Gasteiger partial charge in [0.1, 0.15) is 0 Å². The van der Waals surface area contributed by atoms with E-state index in [0.717, 1.165) is 66.9 Å². The second kappa shape index (κ2) is 12.9. The molecule has 2 aromatic rings. The molecule has 2 aliphatic heterocycles. The van der Waals surface area contributed by atoms with E-state index in [2.05, 4.69) is 33.1 Å². The minimum absolute atomic E-state index is 0.0972. The number of benzene rings is 1. The molecule has 2 fully saturated rings. The molecule has 1 aromatic heterocycles. The molecule has 1 aliphatic carbocycles. The molecule has 0 radical (unpaired) electrons. The van der Waals surface area contributed by atoms with Crippen molar-refractivity contribution in [2.24, 2.45) is 5.92 Å². The first-order chi connectivity index (χ1) is 19.8. The predicted octanol–water partition coefficient (Wildman–Crippen LogP) is 3.89. The molecule has 5 N–H and O–H groups in total. The number of aromatic amines is 1. The molecule has 5 rings (SSSR count). The fraction of sp³-hybridized carbons (Fsp3) is 0.500. The van der Waals surface area contributed by atoms with Gasteiger partial charge in [0.15, 0.2) is 0 Å². The number of aryl methyl sites for hydroxylation is 2. The Morgan fingerprint density at radius 2 is 1.85 bits per heavy atom. The number of carbonyl (C=O) groups excluding carboxylic acids is 2. The van der Waals surface area contributed by atoms with Crippen LogP contribution in [0.3, 0.4) is 0 Å². The van der Waals surface area contributed by atoms with E-state index in [4.69, 9.17) is 5.41 Å². The number of piperidine rings is 1. The summed E-state index contributed by atoms with van der Waals surface area (Å²) in [7, 11) is 0. The molecule has 2 amide bonds. The van der Waals surface area contributed by atoms with Gasteiger partial charge < -0.3 is 31.2 Å². The zero-order chi connectivity index (χ0) is 28.9. The Bertz CT molecular complexity index is 1400. The number of carbonyl (C=O) groups is 2. The monoisotopic (exact) mass is 558 g/mol. The molecule has 0 spiro atoms. The van der Waals surface area contributed by atoms with E-state index in [1.165, 1.54) is 19.1 Å². The molecule has 41 heavy (non-hydrogen) atoms. The van der Waals surface area contributed by atoms with Crippen LogP contribution in [-0.4, -0.2) is 60.1 Å². The molecular weight excluding hydrogens is 516 g/mol. The number of H-pyrrole nitrogens is 1. The maximum atomic E-state index is 13.6. The van der Waals surface area contributed by atoms with Gasteiger partial charge in [-0.2, -0.15) is 0 Å². The summed E-state index contributed by atoms with van der Waals surface area (Å²) >= 11 is 0. The fourth-order valence-electron chi connectivity index (χ4n) is 6.42. The molecule has 0 atom stereocenters. The number of rotatable bonds is 8. The first kappa shape index (κ1) is 28.8. The topological polar surface area (TPSA) is 130 Å². The molecule has 3 aliphatic rings. The Kier molecular flexibility index (Phi) is 9.03. The van der Waals surface area contributed by atoms with Gasteiger partial charge in [-0.1, -0.05) is 18.9 Å². The van der Waals surface area contributed by atoms with Crippen molar-refractivity contribution in [1.82, 2.24) is 20.5 Å². The molecule has 218 valence electrons. The summed E-state index contributed by atoms with van der Waals surface area (Å²) < 4.78 is 0. The number of nitrogens with one attached hydrogen (secondary N) is 5. The van der Waals surface area contributed by atoms with Crippen LogP contribution in [-0.2, 0) is 11.3 Å². The number of aromatic nitrogens is 1. The smallest absolute Gasteiger partial charge is 0.253 e. The quantitative estimate of drug-likeness (QED) is 0.314. The lowest BCUT2D eigenvalue weighted by Gasteiger charge is -2.32. The van der Waals surface area contributed by atoms with Crippen molar-refractivity contribution >= 4 is 29.3 Å². The summed E-state index contributed by atoms with van der Waals surface area (Å²) in [4.78, 5) is 44.0. The normalized spacial score (nSPS) is 18.2. The maximum Gasteiger partial charge on any atom is 0.253 e. The van der Waals surface area contributed by atoms with Crippen LogP contribution in [0.1, 0.15) is 83.3 Å². The van der Waals surface area contributed by atoms with Gasteiger partial charge in [0, 0.05) is 60.3 Å². The SMILES string of the molecule is Cc1cc(C)c(CNC(=O)c2cc(C3=CCN(C(=O)C4CCNCC4)CC3)cc(NC3CCCC3)c2C=N)c(=O)[nH]1. The highest BCUT2D eigenvalue weighted by Crippen LogP contribution is 2.32. The van der Waals surface area contributed by atoms with Crippen molar-refractivity contribution in [1.29, 1.82) is 5.41 Å². The average Bonchev–Trinajstić information content (AvgIpc) is 3.49. The molecule has 0 unspecified atom stereocenters. The Morgan fingerprint density at radius 3 is 2.51 bits per heavy atom. The van der Waals surface area contributed by atoms with Gasteiger partial charge in [-0.25, -0.2) is 0 Å². The second-order valence-corrected chi connectivity index (χ2v) is 11.7. The van der Waals surface area contributed by atoms with Gasteiger partial charge >= 0.3 is 0 Å². The lowest BCUT2D eigenvalue weighted by molar-refractivity contribution is -0.135. The van der Waals surface area contributed by atoms with E-state index in [1.807, 2.05) is 30.9 Å². The van der Waals surface area contributed by atoms with Crippen LogP contribution < -0.4 is 21.5 Å². The molecule has 1 saturated heterocycles. The number of anilines is 1. The number of amides is 2. The zero-order valence-electron chi connectivity index (χ0n) is 24.2. The van der Waals surface area contributed by atoms with Crippen molar-refractivity contribution in [3.8, 4) is 0 Å². The van der Waals surface area contributed by atoms with Crippen LogP contribution in [0.2, 0.25) is 0 Å². The van der Waals surface area contributed by atoms with Gasteiger partial charge in [-0.3, -0.25) is 14.4 Å². The Labute approximate surface area is 241 Å². The summed E-state index contributed by atoms with van der Waals surface area (Å²) in [5.74, 6) is 0.0179. The van der Waals surface area contributed by atoms with Crippen molar-refractivity contribution in [3.05, 3.63) is 68.1 Å². The van der Waals surface area contributed by atoms with E-state index < -0.39 is 0 Å². The van der Waals surface area contributed by atoms with Gasteiger partial charge in [-0.05, 0) is 93.9 Å². The summed E-state index contributed by atoms with van der Waals surface area (Å²) in [6, 6.07) is 6.12. The molecule has 3 heterocycles. The third kappa shape index (κ3) is 6.62. The van der Waals surface area contributed by atoms with Gasteiger partial charge in [0.2, 0.25) is 5.91 Å². The van der Waals surface area contributed by atoms with Crippen LogP contribution in [0.4, 0.5) is 5.69 Å². The standard InChI is InChI=1S/C32H42N6O3/c1-20-15-21(2)36-31(40)28(20)19-35-30(39)26-16-24(17-29(27(26)18-33)37-25-5-3-4-6-25)22-9-13-38(14-10-22)32(41)23-7-11-34-12-8-23/h9,15-18,23,25,33-34,37H,3-8,10-14,19H2,1-2H3,(H,35,39)(H,36,40). The third-order valence-electron chi connectivity index (χ3n) is 8.78. The van der Waals surface area contributed by atoms with Crippen LogP contribution in [0.15, 0.2) is 29.1 Å². The van der Waals surface area contributed by atoms with E-state index in [-0.39, 0.29) is 29.8 Å². The van der Waals surface area contributed by atoms with E-state index in [0.29, 0.717) is 42.2 Å². The lowest BCUT2D eigenvalue weighted by atomic mass is 9.92. The number of hydrogen-bond donors (Lipinski definition) is 5. The lowest BCUT2D eigenvalue weighted by Crippen LogP contribution is -2.42. The van der Waals surface area contributed by atoms with Crippen LogP contribution in [0, 0.1) is 25.2 Å². The van der Waals surface area contributed by atoms with Crippen molar-refractivity contribution in [2.45, 2.75) is 71.4 Å². The number of hydrogen-bond acceptors (Lipinski definition) is 6. The van der Waals surface area contributed by atoms with Crippen LogP contribution in [0.25, 0.3) is 5.57 Å². The van der Waals surface area contributed by atoms with E-state index in [9.17, 15) is 14.4 Å².